The fourth-order valence-corrected chi connectivity index (χ4v) is 4.86. The maximum Gasteiger partial charge on any atom is 0.409 e. The number of sulfonamides is 1. The molecule has 2 aromatic rings. The Labute approximate surface area is 270 Å². The van der Waals surface area contributed by atoms with Gasteiger partial charge in [-0.1, -0.05) is 48.0 Å². The quantitative estimate of drug-likeness (QED) is 0.0601. The number of esters is 1. The van der Waals surface area contributed by atoms with Crippen LogP contribution in [-0.2, 0) is 45.2 Å². The third-order valence-corrected chi connectivity index (χ3v) is 7.41. The minimum atomic E-state index is -4.07. The van der Waals surface area contributed by atoms with Gasteiger partial charge in [0.15, 0.2) is 12.5 Å². The van der Waals surface area contributed by atoms with Crippen molar-refractivity contribution in [1.82, 2.24) is 10.2 Å². The molecule has 14 nitrogen and oxygen atoms in total. The standard InChI is InChI=1S/C31H45N5O9S/c1-22-14-16-24(17-15-22)35-46(40,41)29(32)33-18-10-11-19-36(25(37)20-26(38)45-31(2,3)4)27(28(42-5)43-6)34-30(39)44-21-23-12-8-7-9-13-23/h7-9,12-17,27-28,35H,10-11,18-21H2,1-6H3,(H2,32,33)(H,34,39)/t27-/m0/s1. The van der Waals surface area contributed by atoms with Crippen molar-refractivity contribution in [1.29, 1.82) is 0 Å². The monoisotopic (exact) mass is 663 g/mol. The molecule has 0 spiro atoms. The van der Waals surface area contributed by atoms with Crippen LogP contribution in [0.4, 0.5) is 10.5 Å². The number of nitrogens with two attached hydrogens (primary N) is 1. The van der Waals surface area contributed by atoms with E-state index in [1.807, 2.05) is 13.0 Å². The molecule has 2 rings (SSSR count). The van der Waals surface area contributed by atoms with Crippen LogP contribution in [0.2, 0.25) is 0 Å². The van der Waals surface area contributed by atoms with Crippen LogP contribution in [0.1, 0.15) is 51.2 Å². The Bertz CT molecular complexity index is 1410. The van der Waals surface area contributed by atoms with Gasteiger partial charge in [-0.3, -0.25) is 24.6 Å². The van der Waals surface area contributed by atoms with E-state index in [2.05, 4.69) is 15.0 Å². The van der Waals surface area contributed by atoms with Crippen LogP contribution >= 0.6 is 0 Å². The maximum atomic E-state index is 13.5. The highest BCUT2D eigenvalue weighted by Gasteiger charge is 2.34. The summed E-state index contributed by atoms with van der Waals surface area (Å²) in [5, 5.41) is 2.01. The van der Waals surface area contributed by atoms with Crippen molar-refractivity contribution < 1.29 is 41.7 Å². The second-order valence-corrected chi connectivity index (χ2v) is 12.9. The van der Waals surface area contributed by atoms with Crippen LogP contribution in [0, 0.1) is 6.92 Å². The molecule has 46 heavy (non-hydrogen) atoms. The number of nitrogens with one attached hydrogen (secondary N) is 2. The number of methoxy groups -OCH3 is 2. The molecule has 1 atom stereocenters. The third kappa shape index (κ3) is 13.4. The number of benzene rings is 2. The molecule has 0 saturated carbocycles. The number of ether oxygens (including phenoxy) is 4. The number of carbonyl (C=O) groups excluding carboxylic acids is 3. The van der Waals surface area contributed by atoms with Crippen LogP contribution in [0.15, 0.2) is 59.6 Å². The third-order valence-electron chi connectivity index (χ3n) is 6.23. The first-order valence-corrected chi connectivity index (χ1v) is 16.1. The Morgan fingerprint density at radius 3 is 2.20 bits per heavy atom. The molecule has 0 fully saturated rings. The number of alkyl carbamates (subject to hydrolysis) is 1. The van der Waals surface area contributed by atoms with Crippen molar-refractivity contribution in [2.75, 3.05) is 32.0 Å². The number of aliphatic imine (C=N–C) groups is 1. The molecule has 2 amide bonds. The molecular weight excluding hydrogens is 618 g/mol. The van der Waals surface area contributed by atoms with E-state index in [1.165, 1.54) is 19.1 Å². The number of rotatable bonds is 16. The molecule has 0 radical (unpaired) electrons. The lowest BCUT2D eigenvalue weighted by molar-refractivity contribution is -0.171. The van der Waals surface area contributed by atoms with Gasteiger partial charge in [0.1, 0.15) is 18.6 Å². The normalized spacial score (nSPS) is 12.7. The summed E-state index contributed by atoms with van der Waals surface area (Å²) in [6, 6.07) is 15.7. The van der Waals surface area contributed by atoms with Gasteiger partial charge in [-0.2, -0.15) is 8.42 Å². The van der Waals surface area contributed by atoms with Crippen LogP contribution in [0.3, 0.4) is 0 Å². The summed E-state index contributed by atoms with van der Waals surface area (Å²) in [6.45, 7) is 6.89. The summed E-state index contributed by atoms with van der Waals surface area (Å²) in [6.07, 6.45) is -3.25. The van der Waals surface area contributed by atoms with Gasteiger partial charge >= 0.3 is 12.1 Å². The predicted molar refractivity (Wildman–Crippen MR) is 173 cm³/mol. The van der Waals surface area contributed by atoms with Gasteiger partial charge in [0, 0.05) is 33.0 Å². The largest absolute Gasteiger partial charge is 0.460 e. The van der Waals surface area contributed by atoms with Crippen molar-refractivity contribution >= 4 is 38.8 Å². The lowest BCUT2D eigenvalue weighted by atomic mass is 10.2. The summed E-state index contributed by atoms with van der Waals surface area (Å²) < 4.78 is 48.9. The number of unbranched alkanes of at least 4 members (excludes halogenated alkanes) is 1. The Morgan fingerprint density at radius 1 is 0.978 bits per heavy atom. The molecule has 0 unspecified atom stereocenters. The Kier molecular flexibility index (Phi) is 14.9. The van der Waals surface area contributed by atoms with Crippen LogP contribution in [-0.4, -0.2) is 81.8 Å². The van der Waals surface area contributed by atoms with E-state index in [0.29, 0.717) is 12.1 Å². The van der Waals surface area contributed by atoms with Gasteiger partial charge in [0.05, 0.1) is 0 Å². The first-order valence-electron chi connectivity index (χ1n) is 14.6. The molecule has 2 aromatic carbocycles. The van der Waals surface area contributed by atoms with E-state index < -0.39 is 57.6 Å². The molecule has 254 valence electrons. The molecule has 0 heterocycles. The van der Waals surface area contributed by atoms with Crippen molar-refractivity contribution in [3.63, 3.8) is 0 Å². The number of carbonyl (C=O) groups is 3. The summed E-state index contributed by atoms with van der Waals surface area (Å²) >= 11 is 0. The highest BCUT2D eigenvalue weighted by atomic mass is 32.2. The van der Waals surface area contributed by atoms with Crippen molar-refractivity contribution in [2.45, 2.75) is 71.6 Å². The Balaban J connectivity index is 2.16. The Morgan fingerprint density at radius 2 is 1.61 bits per heavy atom. The molecule has 15 heteroatoms. The van der Waals surface area contributed by atoms with Gasteiger partial charge in [0.25, 0.3) is 10.0 Å². The molecule has 0 aliphatic carbocycles. The molecule has 0 bridgehead atoms. The van der Waals surface area contributed by atoms with Crippen LogP contribution < -0.4 is 15.8 Å². The van der Waals surface area contributed by atoms with Crippen LogP contribution in [0.25, 0.3) is 0 Å². The topological polar surface area (TPSA) is 188 Å². The highest BCUT2D eigenvalue weighted by molar-refractivity contribution is 8.07. The van der Waals surface area contributed by atoms with Crippen molar-refractivity contribution in [3.8, 4) is 0 Å². The van der Waals surface area contributed by atoms with E-state index in [4.69, 9.17) is 24.7 Å². The minimum Gasteiger partial charge on any atom is -0.460 e. The first kappa shape index (κ1) is 38.0. The molecule has 4 N–H and O–H groups in total. The van der Waals surface area contributed by atoms with Gasteiger partial charge in [-0.05, 0) is 58.2 Å². The summed E-state index contributed by atoms with van der Waals surface area (Å²) in [5.41, 5.74) is 6.99. The number of nitrogens with zero attached hydrogens (tertiary/aromatic N) is 2. The molecule has 0 saturated heterocycles. The SMILES string of the molecule is COC(OC)[C@@H](NC(=O)OCc1ccccc1)N(CCCCN=C(N)S(=O)(=O)Nc1ccc(C)cc1)C(=O)CC(=O)OC(C)(C)C. The predicted octanol–water partition coefficient (Wildman–Crippen LogP) is 3.26. The molecule has 0 aliphatic rings. The second-order valence-electron chi connectivity index (χ2n) is 11.2. The van der Waals surface area contributed by atoms with Crippen LogP contribution in [0.5, 0.6) is 0 Å². The summed E-state index contributed by atoms with van der Waals surface area (Å²) in [4.78, 5) is 44.0. The van der Waals surface area contributed by atoms with E-state index in [0.717, 1.165) is 11.1 Å². The fourth-order valence-electron chi connectivity index (χ4n) is 4.05. The van der Waals surface area contributed by atoms with E-state index in [9.17, 15) is 22.8 Å². The maximum absolute atomic E-state index is 13.5. The zero-order valence-electron chi connectivity index (χ0n) is 27.1. The number of amidine groups is 1. The van der Waals surface area contributed by atoms with Gasteiger partial charge in [0.2, 0.25) is 11.1 Å². The zero-order chi connectivity index (χ0) is 34.3. The number of hydrogen-bond donors (Lipinski definition) is 3. The summed E-state index contributed by atoms with van der Waals surface area (Å²) in [5.74, 6) is -1.43. The average molecular weight is 664 g/mol. The first-order chi connectivity index (χ1) is 21.6. The van der Waals surface area contributed by atoms with E-state index in [1.54, 1.807) is 69.3 Å². The van der Waals surface area contributed by atoms with Gasteiger partial charge < -0.3 is 29.6 Å². The van der Waals surface area contributed by atoms with E-state index >= 15 is 0 Å². The van der Waals surface area contributed by atoms with Crippen molar-refractivity contribution in [2.24, 2.45) is 10.7 Å². The number of hydrogen-bond acceptors (Lipinski definition) is 10. The Hall–Kier alpha value is -4.21. The average Bonchev–Trinajstić information content (AvgIpc) is 2.98. The van der Waals surface area contributed by atoms with E-state index in [-0.39, 0.29) is 26.1 Å². The summed E-state index contributed by atoms with van der Waals surface area (Å²) in [7, 11) is -1.41. The highest BCUT2D eigenvalue weighted by Crippen LogP contribution is 2.15. The number of amides is 2. The smallest absolute Gasteiger partial charge is 0.409 e. The zero-order valence-corrected chi connectivity index (χ0v) is 28.0. The number of anilines is 1. The number of aryl methyl sites for hydroxylation is 1. The molecular formula is C31H45N5O9S. The van der Waals surface area contributed by atoms with Gasteiger partial charge in [-0.25, -0.2) is 4.79 Å². The lowest BCUT2D eigenvalue weighted by Gasteiger charge is -2.35. The second kappa shape index (κ2) is 18.1. The minimum absolute atomic E-state index is 0.00171. The molecule has 0 aromatic heterocycles. The fraction of sp³-hybridized carbons (Fsp3) is 0.484. The molecule has 0 aliphatic heterocycles. The van der Waals surface area contributed by atoms with Gasteiger partial charge in [-0.15, -0.1) is 0 Å². The lowest BCUT2D eigenvalue weighted by Crippen LogP contribution is -2.58. The van der Waals surface area contributed by atoms with Crippen molar-refractivity contribution in [3.05, 3.63) is 65.7 Å².